The van der Waals surface area contributed by atoms with Gasteiger partial charge in [0.1, 0.15) is 11.5 Å². The Bertz CT molecular complexity index is 401. The highest BCUT2D eigenvalue weighted by Crippen LogP contribution is 2.34. The smallest absolute Gasteiger partial charge is 0.172 e. The van der Waals surface area contributed by atoms with E-state index in [4.69, 9.17) is 0 Å². The maximum Gasteiger partial charge on any atom is 0.172 e. The molecule has 0 aliphatic carbocycles. The van der Waals surface area contributed by atoms with Crippen molar-refractivity contribution >= 4 is 6.34 Å². The van der Waals surface area contributed by atoms with Crippen molar-refractivity contribution in [3.05, 3.63) is 23.9 Å². The highest BCUT2D eigenvalue weighted by atomic mass is 16.3. The molecule has 0 aromatic rings. The van der Waals surface area contributed by atoms with E-state index in [1.807, 2.05) is 35.8 Å². The average Bonchev–Trinajstić information content (AvgIpc) is 2.49. The number of likely N-dealkylation sites (N-methyl/N-ethyl adjacent to an activating group) is 2. The van der Waals surface area contributed by atoms with E-state index in [1.54, 1.807) is 18.3 Å². The Kier molecular flexibility index (Phi) is 2.84. The largest absolute Gasteiger partial charge is 0.368 e. The minimum absolute atomic E-state index is 0.670. The summed E-state index contributed by atoms with van der Waals surface area (Å²) in [7, 11) is 7.66. The van der Waals surface area contributed by atoms with Gasteiger partial charge in [-0.3, -0.25) is 9.80 Å². The van der Waals surface area contributed by atoms with Gasteiger partial charge < -0.3 is 14.9 Å². The first kappa shape index (κ1) is 11.9. The Morgan fingerprint density at radius 1 is 1.47 bits per heavy atom. The van der Waals surface area contributed by atoms with Crippen molar-refractivity contribution in [1.29, 1.82) is 0 Å². The highest BCUT2D eigenvalue weighted by molar-refractivity contribution is 5.60. The van der Waals surface area contributed by atoms with Crippen LogP contribution in [0.25, 0.3) is 0 Å². The van der Waals surface area contributed by atoms with Crippen molar-refractivity contribution in [1.82, 2.24) is 19.6 Å². The molecule has 0 bridgehead atoms. The van der Waals surface area contributed by atoms with Crippen molar-refractivity contribution in [2.45, 2.75) is 6.23 Å². The van der Waals surface area contributed by atoms with Crippen molar-refractivity contribution in [3.63, 3.8) is 0 Å². The van der Waals surface area contributed by atoms with Crippen LogP contribution in [0.1, 0.15) is 0 Å². The molecule has 2 heterocycles. The van der Waals surface area contributed by atoms with Gasteiger partial charge in [-0.25, -0.2) is 4.99 Å². The summed E-state index contributed by atoms with van der Waals surface area (Å²) in [5, 5.41) is 10.1. The molecule has 0 fully saturated rings. The zero-order valence-electron chi connectivity index (χ0n) is 10.8. The van der Waals surface area contributed by atoms with E-state index in [0.717, 1.165) is 17.3 Å². The Morgan fingerprint density at radius 3 is 2.71 bits per heavy atom. The van der Waals surface area contributed by atoms with E-state index >= 15 is 0 Å². The Labute approximate surface area is 102 Å². The van der Waals surface area contributed by atoms with Crippen molar-refractivity contribution in [2.24, 2.45) is 4.99 Å². The SMILES string of the molecule is C=C1N(C)C2=C(N=CN(C)C2O)N1CN(C)C. The molecule has 0 saturated carbocycles. The lowest BCUT2D eigenvalue weighted by molar-refractivity contribution is 0.0844. The molecule has 1 N–H and O–H groups in total. The number of rotatable bonds is 2. The van der Waals surface area contributed by atoms with Crippen molar-refractivity contribution in [3.8, 4) is 0 Å². The molecule has 0 aromatic carbocycles. The zero-order chi connectivity index (χ0) is 12.7. The summed E-state index contributed by atoms with van der Waals surface area (Å²) >= 11 is 0. The molecule has 2 aliphatic heterocycles. The molecule has 0 spiro atoms. The lowest BCUT2D eigenvalue weighted by atomic mass is 10.3. The van der Waals surface area contributed by atoms with Crippen LogP contribution in [-0.4, -0.2) is 72.1 Å². The Hall–Kier alpha value is -1.53. The van der Waals surface area contributed by atoms with Crippen LogP contribution in [0.5, 0.6) is 0 Å². The summed E-state index contributed by atoms with van der Waals surface area (Å²) in [5.41, 5.74) is 0.779. The Morgan fingerprint density at radius 2 is 2.12 bits per heavy atom. The number of hydrogen-bond acceptors (Lipinski definition) is 6. The summed E-state index contributed by atoms with van der Waals surface area (Å²) < 4.78 is 0. The van der Waals surface area contributed by atoms with Gasteiger partial charge >= 0.3 is 0 Å². The van der Waals surface area contributed by atoms with E-state index in [-0.39, 0.29) is 0 Å². The van der Waals surface area contributed by atoms with Gasteiger partial charge in [0.15, 0.2) is 12.0 Å². The zero-order valence-corrected chi connectivity index (χ0v) is 10.8. The monoisotopic (exact) mass is 237 g/mol. The van der Waals surface area contributed by atoms with Gasteiger partial charge in [0.05, 0.1) is 13.0 Å². The van der Waals surface area contributed by atoms with Crippen LogP contribution in [0.4, 0.5) is 0 Å². The minimum atomic E-state index is -0.670. The van der Waals surface area contributed by atoms with E-state index in [2.05, 4.69) is 11.6 Å². The lowest BCUT2D eigenvalue weighted by Gasteiger charge is -2.28. The first-order valence-electron chi connectivity index (χ1n) is 5.46. The average molecular weight is 237 g/mol. The van der Waals surface area contributed by atoms with Gasteiger partial charge in [-0.1, -0.05) is 6.58 Å². The number of aliphatic hydroxyl groups is 1. The normalized spacial score (nSPS) is 24.2. The fourth-order valence-electron chi connectivity index (χ4n) is 1.99. The highest BCUT2D eigenvalue weighted by Gasteiger charge is 2.37. The first-order chi connectivity index (χ1) is 7.93. The van der Waals surface area contributed by atoms with Gasteiger partial charge in [-0.2, -0.15) is 0 Å². The molecule has 0 saturated heterocycles. The molecule has 6 heteroatoms. The van der Waals surface area contributed by atoms with Gasteiger partial charge in [0.2, 0.25) is 0 Å². The molecule has 0 aromatic heterocycles. The number of nitrogens with zero attached hydrogens (tertiary/aromatic N) is 5. The third kappa shape index (κ3) is 1.79. The second kappa shape index (κ2) is 4.05. The second-order valence-electron chi connectivity index (χ2n) is 4.62. The summed E-state index contributed by atoms with van der Waals surface area (Å²) in [6.07, 6.45) is 0.968. The standard InChI is InChI=1S/C11H19N5O/c1-8-15(5)9-10(16(8)7-13(2)3)12-6-14(4)11(9)17/h6,11,17H,1,7H2,2-5H3. The Balaban J connectivity index is 2.36. The van der Waals surface area contributed by atoms with Crippen LogP contribution < -0.4 is 0 Å². The predicted molar refractivity (Wildman–Crippen MR) is 66.6 cm³/mol. The molecule has 0 amide bonds. The maximum absolute atomic E-state index is 10.1. The van der Waals surface area contributed by atoms with Gasteiger partial charge in [-0.15, -0.1) is 0 Å². The summed E-state index contributed by atoms with van der Waals surface area (Å²) in [5.74, 6) is 1.60. The molecular formula is C11H19N5O. The molecule has 1 atom stereocenters. The molecule has 2 rings (SSSR count). The van der Waals surface area contributed by atoms with E-state index < -0.39 is 6.23 Å². The molecular weight excluding hydrogens is 218 g/mol. The van der Waals surface area contributed by atoms with Crippen molar-refractivity contribution in [2.75, 3.05) is 34.9 Å². The third-order valence-corrected chi connectivity index (χ3v) is 2.96. The summed E-state index contributed by atoms with van der Waals surface area (Å²) in [6.45, 7) is 4.72. The van der Waals surface area contributed by atoms with Crippen LogP contribution >= 0.6 is 0 Å². The fourth-order valence-corrected chi connectivity index (χ4v) is 1.99. The summed E-state index contributed by atoms with van der Waals surface area (Å²) in [4.78, 5) is 12.0. The third-order valence-electron chi connectivity index (χ3n) is 2.96. The maximum atomic E-state index is 10.1. The molecule has 1 unspecified atom stereocenters. The van der Waals surface area contributed by atoms with Crippen LogP contribution in [0.3, 0.4) is 0 Å². The van der Waals surface area contributed by atoms with E-state index in [9.17, 15) is 5.11 Å². The summed E-state index contributed by atoms with van der Waals surface area (Å²) in [6, 6.07) is 0. The van der Waals surface area contributed by atoms with Crippen LogP contribution in [0.2, 0.25) is 0 Å². The molecule has 2 aliphatic rings. The minimum Gasteiger partial charge on any atom is -0.368 e. The molecule has 17 heavy (non-hydrogen) atoms. The van der Waals surface area contributed by atoms with Crippen LogP contribution in [0.15, 0.2) is 28.9 Å². The van der Waals surface area contributed by atoms with Crippen LogP contribution in [-0.2, 0) is 0 Å². The second-order valence-corrected chi connectivity index (χ2v) is 4.62. The van der Waals surface area contributed by atoms with Gasteiger partial charge in [-0.05, 0) is 14.1 Å². The molecule has 0 radical (unpaired) electrons. The van der Waals surface area contributed by atoms with Gasteiger partial charge in [0, 0.05) is 14.1 Å². The predicted octanol–water partition coefficient (Wildman–Crippen LogP) is -0.315. The number of aliphatic hydroxyl groups excluding tert-OH is 1. The number of hydrogen-bond donors (Lipinski definition) is 1. The quantitative estimate of drug-likeness (QED) is 0.713. The van der Waals surface area contributed by atoms with Gasteiger partial charge in [0.25, 0.3) is 0 Å². The first-order valence-corrected chi connectivity index (χ1v) is 5.46. The lowest BCUT2D eigenvalue weighted by Crippen LogP contribution is -2.38. The van der Waals surface area contributed by atoms with E-state index in [1.165, 1.54) is 0 Å². The topological polar surface area (TPSA) is 45.6 Å². The van der Waals surface area contributed by atoms with Crippen LogP contribution in [0, 0.1) is 0 Å². The van der Waals surface area contributed by atoms with E-state index in [0.29, 0.717) is 6.67 Å². The molecule has 94 valence electrons. The van der Waals surface area contributed by atoms with Crippen molar-refractivity contribution < 1.29 is 5.11 Å². The fraction of sp³-hybridized carbons (Fsp3) is 0.545. The number of aliphatic imine (C=N–C) groups is 1. The molecule has 6 nitrogen and oxygen atoms in total.